The van der Waals surface area contributed by atoms with Crippen LogP contribution >= 0.6 is 0 Å². The highest BCUT2D eigenvalue weighted by molar-refractivity contribution is 6.05. The number of carbonyl (C=O) groups is 4. The number of aryl methyl sites for hydroxylation is 1. The van der Waals surface area contributed by atoms with Gasteiger partial charge in [-0.2, -0.15) is 0 Å². The molecule has 0 aliphatic carbocycles. The van der Waals surface area contributed by atoms with E-state index < -0.39 is 24.3 Å². The van der Waals surface area contributed by atoms with Crippen LogP contribution in [0.5, 0.6) is 5.75 Å². The molecule has 3 rings (SSSR count). The minimum atomic E-state index is -0.693. The Hall–Kier alpha value is -4.26. The van der Waals surface area contributed by atoms with Crippen molar-refractivity contribution in [1.29, 1.82) is 0 Å². The van der Waals surface area contributed by atoms with Gasteiger partial charge in [0.25, 0.3) is 5.91 Å². The average molecular weight is 431 g/mol. The number of benzene rings is 3. The molecule has 0 fully saturated rings. The van der Waals surface area contributed by atoms with Gasteiger partial charge in [-0.05, 0) is 61.5 Å². The summed E-state index contributed by atoms with van der Waals surface area (Å²) in [6.45, 7) is 2.76. The molecule has 7 nitrogen and oxygen atoms in total. The summed E-state index contributed by atoms with van der Waals surface area (Å²) < 4.78 is 10.0. The fourth-order valence-corrected chi connectivity index (χ4v) is 2.80. The quantitative estimate of drug-likeness (QED) is 0.342. The SMILES string of the molecule is CC(=O)Oc1ccc(C(=O)COC(=O)c2cccc(NC(=O)c3ccc(C)cc3)c2)cc1. The lowest BCUT2D eigenvalue weighted by molar-refractivity contribution is -0.131. The van der Waals surface area contributed by atoms with E-state index in [1.165, 1.54) is 43.3 Å². The summed E-state index contributed by atoms with van der Waals surface area (Å²) in [5.41, 5.74) is 2.48. The fourth-order valence-electron chi connectivity index (χ4n) is 2.80. The number of ketones is 1. The van der Waals surface area contributed by atoms with Crippen molar-refractivity contribution >= 4 is 29.3 Å². The predicted octanol–water partition coefficient (Wildman–Crippen LogP) is 4.21. The van der Waals surface area contributed by atoms with Crippen LogP contribution in [-0.2, 0) is 9.53 Å². The molecule has 1 amide bonds. The van der Waals surface area contributed by atoms with Crippen LogP contribution in [0.15, 0.2) is 72.8 Å². The van der Waals surface area contributed by atoms with E-state index in [4.69, 9.17) is 9.47 Å². The number of amides is 1. The Bertz CT molecular complexity index is 1150. The van der Waals surface area contributed by atoms with Crippen LogP contribution in [0, 0.1) is 6.92 Å². The molecule has 0 aliphatic heterocycles. The number of esters is 2. The Labute approximate surface area is 185 Å². The topological polar surface area (TPSA) is 98.8 Å². The van der Waals surface area contributed by atoms with E-state index in [0.29, 0.717) is 22.6 Å². The lowest BCUT2D eigenvalue weighted by Gasteiger charge is -2.08. The summed E-state index contributed by atoms with van der Waals surface area (Å²) >= 11 is 0. The number of nitrogens with one attached hydrogen (secondary N) is 1. The third-order valence-corrected chi connectivity index (χ3v) is 4.44. The van der Waals surface area contributed by atoms with Gasteiger partial charge < -0.3 is 14.8 Å². The molecule has 0 spiro atoms. The maximum atomic E-state index is 12.4. The summed E-state index contributed by atoms with van der Waals surface area (Å²) in [6.07, 6.45) is 0. The van der Waals surface area contributed by atoms with Gasteiger partial charge in [0.15, 0.2) is 12.4 Å². The van der Waals surface area contributed by atoms with Gasteiger partial charge in [0.2, 0.25) is 0 Å². The molecule has 3 aromatic rings. The number of hydrogen-bond acceptors (Lipinski definition) is 6. The number of Topliss-reactive ketones (excluding diaryl/α,β-unsaturated/α-hetero) is 1. The maximum Gasteiger partial charge on any atom is 0.338 e. The molecule has 162 valence electrons. The summed E-state index contributed by atoms with van der Waals surface area (Å²) in [5, 5.41) is 2.73. The first kappa shape index (κ1) is 22.4. The second kappa shape index (κ2) is 10.2. The molecule has 1 N–H and O–H groups in total. The van der Waals surface area contributed by atoms with Crippen LogP contribution < -0.4 is 10.1 Å². The second-order valence-corrected chi connectivity index (χ2v) is 7.02. The van der Waals surface area contributed by atoms with E-state index in [9.17, 15) is 19.2 Å². The molecule has 0 atom stereocenters. The largest absolute Gasteiger partial charge is 0.454 e. The minimum Gasteiger partial charge on any atom is -0.454 e. The lowest BCUT2D eigenvalue weighted by atomic mass is 10.1. The average Bonchev–Trinajstić information content (AvgIpc) is 2.78. The van der Waals surface area contributed by atoms with Crippen molar-refractivity contribution in [1.82, 2.24) is 0 Å². The van der Waals surface area contributed by atoms with Crippen LogP contribution in [0.4, 0.5) is 5.69 Å². The van der Waals surface area contributed by atoms with Crippen molar-refractivity contribution < 1.29 is 28.7 Å². The molecular formula is C25H21NO6. The molecule has 0 radical (unpaired) electrons. The van der Waals surface area contributed by atoms with E-state index in [2.05, 4.69) is 5.32 Å². The van der Waals surface area contributed by atoms with Crippen molar-refractivity contribution in [2.45, 2.75) is 13.8 Å². The molecular weight excluding hydrogens is 410 g/mol. The predicted molar refractivity (Wildman–Crippen MR) is 118 cm³/mol. The van der Waals surface area contributed by atoms with Crippen molar-refractivity contribution in [3.8, 4) is 5.75 Å². The first-order valence-electron chi connectivity index (χ1n) is 9.79. The van der Waals surface area contributed by atoms with E-state index in [1.54, 1.807) is 24.3 Å². The zero-order valence-electron chi connectivity index (χ0n) is 17.6. The third-order valence-electron chi connectivity index (χ3n) is 4.44. The van der Waals surface area contributed by atoms with E-state index >= 15 is 0 Å². The molecule has 7 heteroatoms. The van der Waals surface area contributed by atoms with Gasteiger partial charge >= 0.3 is 11.9 Å². The molecule has 0 heterocycles. The molecule has 0 aliphatic rings. The van der Waals surface area contributed by atoms with E-state index in [1.807, 2.05) is 19.1 Å². The summed E-state index contributed by atoms with van der Waals surface area (Å²) in [5.74, 6) is -1.55. The van der Waals surface area contributed by atoms with Crippen LogP contribution in [0.3, 0.4) is 0 Å². The standard InChI is InChI=1S/C25H21NO6/c1-16-6-8-19(9-7-16)24(29)26-21-5-3-4-20(14-21)25(30)31-15-23(28)18-10-12-22(13-11-18)32-17(2)27/h3-14H,15H2,1-2H3,(H,26,29). The van der Waals surface area contributed by atoms with Gasteiger partial charge in [-0.3, -0.25) is 14.4 Å². The van der Waals surface area contributed by atoms with Crippen molar-refractivity contribution in [3.05, 3.63) is 95.1 Å². The first-order chi connectivity index (χ1) is 15.3. The van der Waals surface area contributed by atoms with E-state index in [-0.39, 0.29) is 11.5 Å². The van der Waals surface area contributed by atoms with Crippen LogP contribution in [0.25, 0.3) is 0 Å². The number of rotatable bonds is 7. The van der Waals surface area contributed by atoms with Gasteiger partial charge in [0.05, 0.1) is 5.56 Å². The highest BCUT2D eigenvalue weighted by Gasteiger charge is 2.14. The Morgan fingerprint density at radius 1 is 0.812 bits per heavy atom. The number of carbonyl (C=O) groups excluding carboxylic acids is 4. The van der Waals surface area contributed by atoms with Gasteiger partial charge in [0.1, 0.15) is 5.75 Å². The summed E-state index contributed by atoms with van der Waals surface area (Å²) in [4.78, 5) is 47.9. The van der Waals surface area contributed by atoms with Gasteiger partial charge in [-0.15, -0.1) is 0 Å². The van der Waals surface area contributed by atoms with Gasteiger partial charge in [-0.1, -0.05) is 23.8 Å². The zero-order chi connectivity index (χ0) is 23.1. The molecule has 0 saturated carbocycles. The highest BCUT2D eigenvalue weighted by atomic mass is 16.5. The third kappa shape index (κ3) is 6.12. The molecule has 32 heavy (non-hydrogen) atoms. The monoisotopic (exact) mass is 431 g/mol. The molecule has 3 aromatic carbocycles. The van der Waals surface area contributed by atoms with Crippen LogP contribution in [-0.4, -0.2) is 30.2 Å². The van der Waals surface area contributed by atoms with Gasteiger partial charge in [-0.25, -0.2) is 4.79 Å². The Kier molecular flexibility index (Phi) is 7.13. The smallest absolute Gasteiger partial charge is 0.338 e. The Morgan fingerprint density at radius 2 is 1.47 bits per heavy atom. The molecule has 0 unspecified atom stereocenters. The minimum absolute atomic E-state index is 0.199. The molecule has 0 bridgehead atoms. The lowest BCUT2D eigenvalue weighted by Crippen LogP contribution is -2.15. The fraction of sp³-hybridized carbons (Fsp3) is 0.120. The van der Waals surface area contributed by atoms with Crippen molar-refractivity contribution in [2.75, 3.05) is 11.9 Å². The molecule has 0 aromatic heterocycles. The first-order valence-corrected chi connectivity index (χ1v) is 9.79. The number of hydrogen-bond donors (Lipinski definition) is 1. The maximum absolute atomic E-state index is 12.4. The zero-order valence-corrected chi connectivity index (χ0v) is 17.6. The highest BCUT2D eigenvalue weighted by Crippen LogP contribution is 2.15. The number of ether oxygens (including phenoxy) is 2. The van der Waals surface area contributed by atoms with Crippen LogP contribution in [0.1, 0.15) is 43.6 Å². The Morgan fingerprint density at radius 3 is 2.12 bits per heavy atom. The van der Waals surface area contributed by atoms with Gasteiger partial charge in [0, 0.05) is 23.7 Å². The normalized spacial score (nSPS) is 10.2. The van der Waals surface area contributed by atoms with Crippen molar-refractivity contribution in [3.63, 3.8) is 0 Å². The van der Waals surface area contributed by atoms with Crippen molar-refractivity contribution in [2.24, 2.45) is 0 Å². The number of anilines is 1. The van der Waals surface area contributed by atoms with Crippen LogP contribution in [0.2, 0.25) is 0 Å². The molecule has 0 saturated heterocycles. The second-order valence-electron chi connectivity index (χ2n) is 7.02. The summed E-state index contributed by atoms with van der Waals surface area (Å²) in [6, 6.07) is 19.3. The van der Waals surface area contributed by atoms with E-state index in [0.717, 1.165) is 5.56 Å². The summed E-state index contributed by atoms with van der Waals surface area (Å²) in [7, 11) is 0. The Balaban J connectivity index is 1.58.